The van der Waals surface area contributed by atoms with E-state index < -0.39 is 12.1 Å². The molecule has 9 nitrogen and oxygen atoms in total. The van der Waals surface area contributed by atoms with Gasteiger partial charge in [-0.15, -0.1) is 0 Å². The van der Waals surface area contributed by atoms with E-state index in [1.807, 2.05) is 30.3 Å². The minimum atomic E-state index is -0.869. The van der Waals surface area contributed by atoms with Gasteiger partial charge in [-0.05, 0) is 41.3 Å². The normalized spacial score (nSPS) is 12.3. The lowest BCUT2D eigenvalue weighted by atomic mass is 10.1. The second-order valence-electron chi connectivity index (χ2n) is 6.83. The van der Waals surface area contributed by atoms with E-state index in [1.54, 1.807) is 18.2 Å². The molecule has 0 fully saturated rings. The van der Waals surface area contributed by atoms with Crippen LogP contribution in [0.4, 0.5) is 10.5 Å². The van der Waals surface area contributed by atoms with E-state index in [0.717, 1.165) is 10.8 Å². The highest BCUT2D eigenvalue weighted by Gasteiger charge is 2.30. The average Bonchev–Trinajstić information content (AvgIpc) is 3.07. The number of hydrogen-bond acceptors (Lipinski definition) is 7. The number of nitrogens with one attached hydrogen (secondary N) is 1. The number of hydrazone groups is 1. The van der Waals surface area contributed by atoms with Crippen LogP contribution in [-0.4, -0.2) is 44.9 Å². The molecule has 0 aromatic heterocycles. The number of anilines is 1. The van der Waals surface area contributed by atoms with E-state index in [2.05, 4.69) is 15.3 Å². The van der Waals surface area contributed by atoms with E-state index in [-0.39, 0.29) is 18.2 Å². The summed E-state index contributed by atoms with van der Waals surface area (Å²) >= 11 is 0. The monoisotopic (exact) mass is 433 g/mol. The first-order chi connectivity index (χ1) is 15.5. The molecule has 2 amide bonds. The molecule has 0 aliphatic carbocycles. The molecular formula is C23H19N3O6. The molecule has 1 aliphatic heterocycles. The smallest absolute Gasteiger partial charge is 0.493 e. The van der Waals surface area contributed by atoms with Crippen molar-refractivity contribution in [1.29, 1.82) is 0 Å². The van der Waals surface area contributed by atoms with Crippen molar-refractivity contribution in [3.8, 4) is 11.5 Å². The summed E-state index contributed by atoms with van der Waals surface area (Å²) in [6, 6.07) is 15.8. The number of rotatable bonds is 6. The quantitative estimate of drug-likeness (QED) is 0.277. The zero-order chi connectivity index (χ0) is 22.7. The fourth-order valence-electron chi connectivity index (χ4n) is 3.47. The van der Waals surface area contributed by atoms with Crippen LogP contribution in [0.5, 0.6) is 11.5 Å². The van der Waals surface area contributed by atoms with Gasteiger partial charge < -0.3 is 14.2 Å². The van der Waals surface area contributed by atoms with E-state index in [0.29, 0.717) is 22.6 Å². The highest BCUT2D eigenvalue weighted by molar-refractivity contribution is 6.26. The van der Waals surface area contributed by atoms with Crippen LogP contribution >= 0.6 is 0 Å². The molecule has 0 saturated carbocycles. The Kier molecular flexibility index (Phi) is 5.71. The van der Waals surface area contributed by atoms with Crippen molar-refractivity contribution in [2.24, 2.45) is 5.10 Å². The Balaban J connectivity index is 1.42. The lowest BCUT2D eigenvalue weighted by Gasteiger charge is -2.16. The molecular weight excluding hydrogens is 414 g/mol. The molecule has 1 heterocycles. The topological polar surface area (TPSA) is 107 Å². The van der Waals surface area contributed by atoms with Crippen LogP contribution < -0.4 is 19.8 Å². The summed E-state index contributed by atoms with van der Waals surface area (Å²) < 4.78 is 14.6. The summed E-state index contributed by atoms with van der Waals surface area (Å²) in [5, 5.41) is 5.73. The summed E-state index contributed by atoms with van der Waals surface area (Å²) in [7, 11) is 2.63. The average molecular weight is 433 g/mol. The van der Waals surface area contributed by atoms with Crippen LogP contribution in [-0.2, 0) is 9.53 Å². The highest BCUT2D eigenvalue weighted by atomic mass is 16.7. The van der Waals surface area contributed by atoms with Crippen molar-refractivity contribution in [2.45, 2.75) is 0 Å². The van der Waals surface area contributed by atoms with Gasteiger partial charge in [-0.1, -0.05) is 24.3 Å². The third-order valence-electron chi connectivity index (χ3n) is 4.90. The minimum absolute atomic E-state index is 0.167. The van der Waals surface area contributed by atoms with Gasteiger partial charge in [0, 0.05) is 10.9 Å². The molecule has 0 spiro atoms. The maximum atomic E-state index is 12.8. The van der Waals surface area contributed by atoms with Crippen molar-refractivity contribution >= 4 is 40.6 Å². The second kappa shape index (κ2) is 8.76. The summed E-state index contributed by atoms with van der Waals surface area (Å²) in [6.45, 7) is -0.167. The lowest BCUT2D eigenvalue weighted by Crippen LogP contribution is -2.37. The first-order valence-corrected chi connectivity index (χ1v) is 9.61. The van der Waals surface area contributed by atoms with Gasteiger partial charge in [-0.2, -0.15) is 5.10 Å². The SMILES string of the molecule is COC(=O)Oc1ccc(/C=N\NC(=O)CN2C(=O)c3cccc4cccc2c34)cc1OC. The van der Waals surface area contributed by atoms with Gasteiger partial charge in [0.25, 0.3) is 11.8 Å². The molecule has 32 heavy (non-hydrogen) atoms. The Bertz CT molecular complexity index is 1250. The Morgan fingerprint density at radius 1 is 1.06 bits per heavy atom. The Labute approximate surface area is 183 Å². The molecule has 0 unspecified atom stereocenters. The summed E-state index contributed by atoms with van der Waals surface area (Å²) in [5.41, 5.74) is 4.29. The fourth-order valence-corrected chi connectivity index (χ4v) is 3.47. The van der Waals surface area contributed by atoms with Gasteiger partial charge in [0.05, 0.1) is 26.1 Å². The largest absolute Gasteiger partial charge is 0.513 e. The van der Waals surface area contributed by atoms with Crippen LogP contribution in [0.3, 0.4) is 0 Å². The molecule has 0 radical (unpaired) electrons. The van der Waals surface area contributed by atoms with Gasteiger partial charge in [-0.25, -0.2) is 10.2 Å². The van der Waals surface area contributed by atoms with Crippen molar-refractivity contribution in [2.75, 3.05) is 25.7 Å². The van der Waals surface area contributed by atoms with E-state index in [1.165, 1.54) is 31.4 Å². The zero-order valence-corrected chi connectivity index (χ0v) is 17.3. The zero-order valence-electron chi connectivity index (χ0n) is 17.3. The first kappa shape index (κ1) is 20.9. The number of nitrogens with zero attached hydrogens (tertiary/aromatic N) is 2. The maximum Gasteiger partial charge on any atom is 0.513 e. The molecule has 162 valence electrons. The Hall–Kier alpha value is -4.40. The van der Waals surface area contributed by atoms with Crippen molar-refractivity contribution in [3.05, 3.63) is 65.7 Å². The lowest BCUT2D eigenvalue weighted by molar-refractivity contribution is -0.119. The van der Waals surface area contributed by atoms with Crippen LogP contribution in [0.1, 0.15) is 15.9 Å². The number of ether oxygens (including phenoxy) is 3. The van der Waals surface area contributed by atoms with E-state index in [4.69, 9.17) is 9.47 Å². The molecule has 0 saturated heterocycles. The van der Waals surface area contributed by atoms with Crippen LogP contribution in [0.15, 0.2) is 59.7 Å². The van der Waals surface area contributed by atoms with Crippen molar-refractivity contribution in [3.63, 3.8) is 0 Å². The minimum Gasteiger partial charge on any atom is -0.493 e. The molecule has 4 rings (SSSR count). The third-order valence-corrected chi connectivity index (χ3v) is 4.90. The summed E-state index contributed by atoms with van der Waals surface area (Å²) in [6.07, 6.45) is 0.537. The molecule has 3 aromatic carbocycles. The standard InChI is InChI=1S/C23H19N3O6/c1-30-19-11-14(9-10-18(19)32-23(29)31-2)12-24-25-20(27)13-26-17-8-4-6-15-5-3-7-16(21(15)17)22(26)28/h3-12H,13H2,1-2H3,(H,25,27)/b24-12-. The number of benzene rings is 3. The number of amides is 2. The van der Waals surface area contributed by atoms with Crippen LogP contribution in [0, 0.1) is 0 Å². The summed E-state index contributed by atoms with van der Waals surface area (Å²) in [4.78, 5) is 37.9. The number of carbonyl (C=O) groups is 3. The fraction of sp³-hybridized carbons (Fsp3) is 0.130. The number of hydrogen-bond donors (Lipinski definition) is 1. The third kappa shape index (κ3) is 3.95. The Morgan fingerprint density at radius 3 is 2.59 bits per heavy atom. The van der Waals surface area contributed by atoms with Gasteiger partial charge in [0.1, 0.15) is 6.54 Å². The van der Waals surface area contributed by atoms with Crippen LogP contribution in [0.2, 0.25) is 0 Å². The van der Waals surface area contributed by atoms with Gasteiger partial charge >= 0.3 is 6.16 Å². The maximum absolute atomic E-state index is 12.8. The molecule has 0 bridgehead atoms. The molecule has 9 heteroatoms. The first-order valence-electron chi connectivity index (χ1n) is 9.61. The van der Waals surface area contributed by atoms with E-state index >= 15 is 0 Å². The van der Waals surface area contributed by atoms with Gasteiger partial charge in [-0.3, -0.25) is 14.5 Å². The predicted octanol–water partition coefficient (Wildman–Crippen LogP) is 3.10. The van der Waals surface area contributed by atoms with Gasteiger partial charge in [0.2, 0.25) is 0 Å². The second-order valence-corrected chi connectivity index (χ2v) is 6.83. The highest BCUT2D eigenvalue weighted by Crippen LogP contribution is 2.36. The predicted molar refractivity (Wildman–Crippen MR) is 117 cm³/mol. The van der Waals surface area contributed by atoms with Gasteiger partial charge in [0.15, 0.2) is 11.5 Å². The molecule has 1 aliphatic rings. The van der Waals surface area contributed by atoms with Crippen molar-refractivity contribution in [1.82, 2.24) is 5.43 Å². The van der Waals surface area contributed by atoms with Crippen LogP contribution in [0.25, 0.3) is 10.8 Å². The number of methoxy groups -OCH3 is 2. The molecule has 0 atom stereocenters. The Morgan fingerprint density at radius 2 is 1.84 bits per heavy atom. The number of carbonyl (C=O) groups excluding carboxylic acids is 3. The molecule has 3 aromatic rings. The summed E-state index contributed by atoms with van der Waals surface area (Å²) in [5.74, 6) is -0.195. The molecule has 1 N–H and O–H groups in total. The van der Waals surface area contributed by atoms with Crippen molar-refractivity contribution < 1.29 is 28.6 Å². The van der Waals surface area contributed by atoms with E-state index in [9.17, 15) is 14.4 Å².